The molecule has 0 fully saturated rings. The Bertz CT molecular complexity index is 772. The number of carbonyl (C=O) groups excluding carboxylic acids is 2. The van der Waals surface area contributed by atoms with Gasteiger partial charge in [0.2, 0.25) is 5.91 Å². The van der Waals surface area contributed by atoms with Crippen LogP contribution in [0.25, 0.3) is 0 Å². The van der Waals surface area contributed by atoms with E-state index in [2.05, 4.69) is 5.32 Å². The van der Waals surface area contributed by atoms with Gasteiger partial charge < -0.3 is 11.1 Å². The molecule has 0 unspecified atom stereocenters. The molecule has 0 atom stereocenters. The van der Waals surface area contributed by atoms with Gasteiger partial charge in [-0.2, -0.15) is 13.2 Å². The second kappa shape index (κ2) is 6.07. The number of alkyl halides is 3. The standard InChI is InChI=1S/C15H10F4N2O2/c16-11-5-9(4-10(7-11)15(17,18)19)14(23)21-12-3-1-2-8(6-12)13(20)22/h1-7H,(H2,20,22)(H,21,23). The van der Waals surface area contributed by atoms with E-state index in [1.54, 1.807) is 0 Å². The van der Waals surface area contributed by atoms with Crippen LogP contribution in [0.1, 0.15) is 26.3 Å². The van der Waals surface area contributed by atoms with Crippen LogP contribution in [0.5, 0.6) is 0 Å². The van der Waals surface area contributed by atoms with Crippen LogP contribution < -0.4 is 11.1 Å². The summed E-state index contributed by atoms with van der Waals surface area (Å²) in [5.41, 5.74) is 3.57. The molecule has 4 nitrogen and oxygen atoms in total. The Morgan fingerprint density at radius 1 is 1.00 bits per heavy atom. The molecule has 0 aliphatic carbocycles. The summed E-state index contributed by atoms with van der Waals surface area (Å²) < 4.78 is 51.2. The Hall–Kier alpha value is -2.90. The Morgan fingerprint density at radius 2 is 1.70 bits per heavy atom. The number of benzene rings is 2. The average molecular weight is 326 g/mol. The van der Waals surface area contributed by atoms with Crippen LogP contribution in [-0.2, 0) is 6.18 Å². The molecule has 0 spiro atoms. The van der Waals surface area contributed by atoms with Gasteiger partial charge in [-0.15, -0.1) is 0 Å². The van der Waals surface area contributed by atoms with Crippen molar-refractivity contribution in [3.63, 3.8) is 0 Å². The van der Waals surface area contributed by atoms with Crippen LogP contribution in [0.3, 0.4) is 0 Å². The zero-order valence-corrected chi connectivity index (χ0v) is 11.4. The molecule has 0 bridgehead atoms. The van der Waals surface area contributed by atoms with Crippen molar-refractivity contribution in [1.29, 1.82) is 0 Å². The molecular weight excluding hydrogens is 316 g/mol. The van der Waals surface area contributed by atoms with E-state index in [0.29, 0.717) is 18.2 Å². The van der Waals surface area contributed by atoms with E-state index in [0.717, 1.165) is 0 Å². The summed E-state index contributed by atoms with van der Waals surface area (Å²) in [6, 6.07) is 7.02. The summed E-state index contributed by atoms with van der Waals surface area (Å²) in [6.45, 7) is 0. The molecule has 2 amide bonds. The van der Waals surface area contributed by atoms with E-state index in [-0.39, 0.29) is 11.3 Å². The maximum atomic E-state index is 13.3. The molecule has 2 rings (SSSR count). The number of amides is 2. The molecule has 0 radical (unpaired) electrons. The predicted octanol–water partition coefficient (Wildman–Crippen LogP) is 3.20. The Morgan fingerprint density at radius 3 is 2.30 bits per heavy atom. The van der Waals surface area contributed by atoms with E-state index < -0.39 is 34.9 Å². The summed E-state index contributed by atoms with van der Waals surface area (Å²) in [5.74, 6) is -2.86. The largest absolute Gasteiger partial charge is 0.416 e. The van der Waals surface area contributed by atoms with Gasteiger partial charge in [-0.1, -0.05) is 6.07 Å². The fourth-order valence-electron chi connectivity index (χ4n) is 1.84. The Labute approximate surface area is 127 Å². The number of primary amides is 1. The van der Waals surface area contributed by atoms with E-state index >= 15 is 0 Å². The van der Waals surface area contributed by atoms with Gasteiger partial charge in [0.1, 0.15) is 5.82 Å². The minimum absolute atomic E-state index is 0.109. The highest BCUT2D eigenvalue weighted by Crippen LogP contribution is 2.30. The number of carbonyl (C=O) groups is 2. The molecule has 0 aliphatic rings. The SMILES string of the molecule is NC(=O)c1cccc(NC(=O)c2cc(F)cc(C(F)(F)F)c2)c1. The lowest BCUT2D eigenvalue weighted by Crippen LogP contribution is -2.16. The fourth-order valence-corrected chi connectivity index (χ4v) is 1.84. The molecular formula is C15H10F4N2O2. The van der Waals surface area contributed by atoms with Crippen LogP contribution in [0.4, 0.5) is 23.2 Å². The predicted molar refractivity (Wildman–Crippen MR) is 74.3 cm³/mol. The first-order valence-electron chi connectivity index (χ1n) is 6.26. The second-order valence-corrected chi connectivity index (χ2v) is 4.63. The lowest BCUT2D eigenvalue weighted by atomic mass is 10.1. The normalized spacial score (nSPS) is 11.1. The van der Waals surface area contributed by atoms with Gasteiger partial charge in [0.05, 0.1) is 5.56 Å². The second-order valence-electron chi connectivity index (χ2n) is 4.63. The van der Waals surface area contributed by atoms with Crippen molar-refractivity contribution < 1.29 is 27.2 Å². The maximum Gasteiger partial charge on any atom is 0.416 e. The third-order valence-electron chi connectivity index (χ3n) is 2.89. The van der Waals surface area contributed by atoms with Gasteiger partial charge in [-0.3, -0.25) is 9.59 Å². The first kappa shape index (κ1) is 16.5. The van der Waals surface area contributed by atoms with Gasteiger partial charge in [0.15, 0.2) is 0 Å². The molecule has 2 aromatic rings. The summed E-state index contributed by atoms with van der Waals surface area (Å²) in [7, 11) is 0. The maximum absolute atomic E-state index is 13.3. The van der Waals surface area contributed by atoms with Crippen LogP contribution in [0.2, 0.25) is 0 Å². The number of nitrogens with two attached hydrogens (primary N) is 1. The van der Waals surface area contributed by atoms with Crippen molar-refractivity contribution in [2.24, 2.45) is 5.73 Å². The molecule has 0 saturated heterocycles. The van der Waals surface area contributed by atoms with Crippen molar-refractivity contribution in [1.82, 2.24) is 0 Å². The fraction of sp³-hybridized carbons (Fsp3) is 0.0667. The molecule has 0 aliphatic heterocycles. The minimum atomic E-state index is -4.77. The number of hydrogen-bond acceptors (Lipinski definition) is 2. The summed E-state index contributed by atoms with van der Waals surface area (Å²) in [6.07, 6.45) is -4.77. The minimum Gasteiger partial charge on any atom is -0.366 e. The quantitative estimate of drug-likeness (QED) is 0.850. The monoisotopic (exact) mass is 326 g/mol. The third-order valence-corrected chi connectivity index (χ3v) is 2.89. The van der Waals surface area contributed by atoms with Gasteiger partial charge in [-0.05, 0) is 36.4 Å². The van der Waals surface area contributed by atoms with Crippen molar-refractivity contribution in [2.45, 2.75) is 6.18 Å². The van der Waals surface area contributed by atoms with Crippen LogP contribution in [0.15, 0.2) is 42.5 Å². The molecule has 0 heterocycles. The Kier molecular flexibility index (Phi) is 4.35. The van der Waals surface area contributed by atoms with Gasteiger partial charge in [0.25, 0.3) is 5.91 Å². The molecule has 23 heavy (non-hydrogen) atoms. The summed E-state index contributed by atoms with van der Waals surface area (Å²) >= 11 is 0. The number of anilines is 1. The highest BCUT2D eigenvalue weighted by atomic mass is 19.4. The zero-order valence-electron chi connectivity index (χ0n) is 11.4. The van der Waals surface area contributed by atoms with Crippen molar-refractivity contribution in [3.05, 3.63) is 65.0 Å². The van der Waals surface area contributed by atoms with Crippen LogP contribution in [-0.4, -0.2) is 11.8 Å². The average Bonchev–Trinajstić information content (AvgIpc) is 2.46. The Balaban J connectivity index is 2.29. The van der Waals surface area contributed by atoms with Crippen LogP contribution in [0, 0.1) is 5.82 Å². The van der Waals surface area contributed by atoms with E-state index in [1.165, 1.54) is 24.3 Å². The third kappa shape index (κ3) is 4.06. The first-order chi connectivity index (χ1) is 10.7. The number of rotatable bonds is 3. The summed E-state index contributed by atoms with van der Waals surface area (Å²) in [4.78, 5) is 23.0. The van der Waals surface area contributed by atoms with E-state index in [1.807, 2.05) is 0 Å². The molecule has 0 aromatic heterocycles. The topological polar surface area (TPSA) is 72.2 Å². The van der Waals surface area contributed by atoms with Crippen LogP contribution >= 0.6 is 0 Å². The zero-order chi connectivity index (χ0) is 17.2. The number of halogens is 4. The van der Waals surface area contributed by atoms with E-state index in [4.69, 9.17) is 5.73 Å². The molecule has 8 heteroatoms. The van der Waals surface area contributed by atoms with Gasteiger partial charge in [0, 0.05) is 16.8 Å². The van der Waals surface area contributed by atoms with Gasteiger partial charge >= 0.3 is 6.18 Å². The number of hydrogen-bond donors (Lipinski definition) is 2. The lowest BCUT2D eigenvalue weighted by molar-refractivity contribution is -0.137. The molecule has 2 aromatic carbocycles. The molecule has 120 valence electrons. The van der Waals surface area contributed by atoms with Crippen molar-refractivity contribution in [3.8, 4) is 0 Å². The highest BCUT2D eigenvalue weighted by Gasteiger charge is 2.32. The highest BCUT2D eigenvalue weighted by molar-refractivity contribution is 6.05. The summed E-state index contributed by atoms with van der Waals surface area (Å²) in [5, 5.41) is 2.28. The molecule has 0 saturated carbocycles. The van der Waals surface area contributed by atoms with Crippen molar-refractivity contribution >= 4 is 17.5 Å². The van der Waals surface area contributed by atoms with Gasteiger partial charge in [-0.25, -0.2) is 4.39 Å². The first-order valence-corrected chi connectivity index (χ1v) is 6.26. The molecule has 3 N–H and O–H groups in total. The van der Waals surface area contributed by atoms with E-state index in [9.17, 15) is 27.2 Å². The van der Waals surface area contributed by atoms with Crippen molar-refractivity contribution in [2.75, 3.05) is 5.32 Å². The lowest BCUT2D eigenvalue weighted by Gasteiger charge is -2.10. The number of nitrogens with one attached hydrogen (secondary N) is 1. The smallest absolute Gasteiger partial charge is 0.366 e.